The molecule has 21 nitrogen and oxygen atoms in total. The van der Waals surface area contributed by atoms with Crippen molar-refractivity contribution in [3.63, 3.8) is 0 Å². The Labute approximate surface area is 807 Å². The molecule has 680 valence electrons. The number of aromatic nitrogens is 6. The van der Waals surface area contributed by atoms with E-state index in [1.54, 1.807) is 55.8 Å². The number of esters is 1. The smallest absolute Gasteiger partial charge is 0.306 e. The average molecular weight is 2050 g/mol. The van der Waals surface area contributed by atoms with Gasteiger partial charge in [-0.3, -0.25) is 48.1 Å². The van der Waals surface area contributed by atoms with Gasteiger partial charge in [0.25, 0.3) is 0 Å². The molecule has 0 amide bonds. The van der Waals surface area contributed by atoms with Gasteiger partial charge in [-0.1, -0.05) is 106 Å². The van der Waals surface area contributed by atoms with Gasteiger partial charge in [-0.05, 0) is 211 Å². The number of Topliss-reactive ketones (excluding diaryl/α,β-unsaturated/α-hetero) is 8. The van der Waals surface area contributed by atoms with E-state index in [1.807, 2.05) is 127 Å². The molecule has 1 saturated carbocycles. The van der Waals surface area contributed by atoms with Crippen LogP contribution in [-0.4, -0.2) is 173 Å². The van der Waals surface area contributed by atoms with Crippen molar-refractivity contribution in [2.45, 2.75) is 188 Å². The summed E-state index contributed by atoms with van der Waals surface area (Å²) in [4.78, 5) is 117. The minimum atomic E-state index is -3.57. The summed E-state index contributed by atoms with van der Waals surface area (Å²) in [5.74, 6) is 3.94. The third kappa shape index (κ3) is 46.3. The van der Waals surface area contributed by atoms with Gasteiger partial charge >= 0.3 is 5.97 Å². The highest BCUT2D eigenvalue weighted by Gasteiger charge is 2.31. The molecule has 125 heavy (non-hydrogen) atoms. The molecule has 10 rings (SSSR count). The standard InChI is InChI=1S/C16H23NO3S2.C16H22O3S.C13H18O3S.C12H13NOS.C9H10BrNOS.C9H14N2OS2.C8H8BrNOS.C8H8ClNOS/c1-17(14-8-3-2-4-9-14)22(19,20)16-10-6-5-7-13(16)11-15(18)12-21;1-16(2,3)19-15(18)9-8-12-4-6-13(7-5-12)10-14(17)11-20;1-3-15-12-5-6-13(16-4-2)10(8-12)7-11(14)9-17;1-8-4-10-5-9(6-11(14)7-15)2-3-12(10)13-8;1-6-2-7(10)4-11-9(6)3-8(12)5-13;1-9(2,3)8-11-10-7(14-8)4-6(12)5-13;9-8-3-1-2-6(10-8)4-7(11)5-12;9-8-4-6(1-2-10-8)3-7(11)5-12/h5-7,10,14,21H,2-4,8-9,11-12H2,1H3;4-7,20H,8-11H2,1-3H3;5-6,8,17H,3-4,7,9H2,1-2H3;2-5,13,15H,6-7H2,1H3;2,4,13H,3,5H2,1H3;13H,4-5H2,1-3H3;1-3,12H,4-5H2;1-2,4,12H,3,5H2. The van der Waals surface area contributed by atoms with E-state index in [2.05, 4.69) is 196 Å². The molecule has 5 aromatic heterocycles. The van der Waals surface area contributed by atoms with Crippen LogP contribution in [0.25, 0.3) is 10.9 Å². The first-order chi connectivity index (χ1) is 59.2. The van der Waals surface area contributed by atoms with Crippen LogP contribution in [0.4, 0.5) is 0 Å². The lowest BCUT2D eigenvalue weighted by Gasteiger charge is -2.30. The van der Waals surface area contributed by atoms with Crippen LogP contribution in [0, 0.1) is 13.8 Å². The number of sulfonamides is 1. The second kappa shape index (κ2) is 60.7. The van der Waals surface area contributed by atoms with Crippen LogP contribution in [0.5, 0.6) is 11.5 Å². The molecular weight excluding hydrogens is 1930 g/mol. The quantitative estimate of drug-likeness (QED) is 0.0103. The molecule has 0 saturated heterocycles. The molecule has 0 atom stereocenters. The van der Waals surface area contributed by atoms with Crippen molar-refractivity contribution in [1.29, 1.82) is 0 Å². The number of pyridine rings is 3. The molecule has 4 aromatic carbocycles. The summed E-state index contributed by atoms with van der Waals surface area (Å²) in [5.41, 5.74) is 9.89. The summed E-state index contributed by atoms with van der Waals surface area (Å²) in [7, 11) is -1.91. The maximum Gasteiger partial charge on any atom is 0.306 e. The first kappa shape index (κ1) is 113. The number of rotatable bonds is 34. The number of carbonyl (C=O) groups excluding carboxylic acids is 9. The number of nitrogens with zero attached hydrogens (tertiary/aromatic N) is 6. The number of aryl methyl sites for hydroxylation is 3. The lowest BCUT2D eigenvalue weighted by molar-refractivity contribution is -0.154. The van der Waals surface area contributed by atoms with E-state index in [0.717, 1.165) is 118 Å². The number of carbonyl (C=O) groups is 9. The molecule has 0 unspecified atom stereocenters. The SMILES string of the molecule is CC(C)(C)OC(=O)CCc1ccc(CC(=O)CS)cc1.CC(C)(C)c1nnc(CC(=O)CS)s1.CCOc1ccc(OCC)c(CC(=O)CS)c1.CN(C1CCCCC1)S(=O)(=O)c1ccccc1CC(=O)CS.Cc1cc(Br)cnc1CC(=O)CS.Cc1cc2cc(CC(=O)CS)ccc2[nH]1.O=C(CS)Cc1cccc(Br)n1.O=C(CS)Cc1ccnc(Cl)c1. The Kier molecular flexibility index (Phi) is 54.8. The summed E-state index contributed by atoms with van der Waals surface area (Å²) in [6.45, 7) is 20.8. The largest absolute Gasteiger partial charge is 0.494 e. The zero-order valence-electron chi connectivity index (χ0n) is 72.5. The Bertz CT molecular complexity index is 4980. The summed E-state index contributed by atoms with van der Waals surface area (Å²) >= 11 is 45.1. The number of fused-ring (bicyclic) bond motifs is 1. The Morgan fingerprint density at radius 2 is 1.08 bits per heavy atom. The number of ether oxygens (including phenoxy) is 3. The molecule has 34 heteroatoms. The number of hydrogen-bond acceptors (Lipinski definition) is 28. The maximum atomic E-state index is 12.9. The lowest BCUT2D eigenvalue weighted by atomic mass is 9.96. The maximum absolute atomic E-state index is 12.9. The van der Waals surface area contributed by atoms with Crippen molar-refractivity contribution in [3.05, 3.63) is 220 Å². The number of halogens is 3. The zero-order chi connectivity index (χ0) is 93.4. The van der Waals surface area contributed by atoms with Gasteiger partial charge in [-0.15, -0.1) is 21.5 Å². The second-order valence-corrected chi connectivity index (χ2v) is 38.1. The van der Waals surface area contributed by atoms with E-state index in [9.17, 15) is 51.6 Å². The van der Waals surface area contributed by atoms with E-state index in [4.69, 9.17) is 25.8 Å². The number of hydrogen-bond donors (Lipinski definition) is 9. The molecule has 0 bridgehead atoms. The van der Waals surface area contributed by atoms with Crippen LogP contribution >= 0.6 is 156 Å². The average Bonchev–Trinajstić information content (AvgIpc) is 1.51. The Hall–Kier alpha value is -6.18. The van der Waals surface area contributed by atoms with E-state index in [0.29, 0.717) is 87.5 Å². The third-order valence-corrected chi connectivity index (χ3v) is 24.8. The molecule has 5 heterocycles. The van der Waals surface area contributed by atoms with Gasteiger partial charge in [-0.2, -0.15) is 105 Å². The van der Waals surface area contributed by atoms with Crippen LogP contribution in [0.2, 0.25) is 5.15 Å². The Morgan fingerprint density at radius 3 is 1.62 bits per heavy atom. The molecule has 0 spiro atoms. The Balaban J connectivity index is 0.000000372. The van der Waals surface area contributed by atoms with Gasteiger partial charge in [0.05, 0.1) is 30.2 Å². The van der Waals surface area contributed by atoms with Gasteiger partial charge in [0.15, 0.2) is 0 Å². The fraction of sp³-hybridized carbons (Fsp3) is 0.429. The number of benzene rings is 4. The van der Waals surface area contributed by atoms with Gasteiger partial charge < -0.3 is 19.2 Å². The number of thiol groups is 8. The van der Waals surface area contributed by atoms with Crippen molar-refractivity contribution in [1.82, 2.24) is 34.4 Å². The fourth-order valence-corrected chi connectivity index (χ4v) is 15.9. The van der Waals surface area contributed by atoms with E-state index in [-0.39, 0.29) is 115 Å². The topological polar surface area (TPSA) is 299 Å². The molecule has 0 radical (unpaired) electrons. The van der Waals surface area contributed by atoms with Crippen LogP contribution in [0.15, 0.2) is 154 Å². The summed E-state index contributed by atoms with van der Waals surface area (Å²) in [6, 6.07) is 39.2. The molecule has 1 aliphatic carbocycles. The summed E-state index contributed by atoms with van der Waals surface area (Å²) < 4.78 is 45.2. The number of ketones is 8. The number of H-pyrrole nitrogens is 1. The predicted molar refractivity (Wildman–Crippen MR) is 538 cm³/mol. The van der Waals surface area contributed by atoms with Gasteiger partial charge in [0, 0.05) is 155 Å². The third-order valence-electron chi connectivity index (χ3n) is 17.5. The van der Waals surface area contributed by atoms with Gasteiger partial charge in [0.2, 0.25) is 10.0 Å². The predicted octanol–water partition coefficient (Wildman–Crippen LogP) is 18.5. The number of nitrogens with one attached hydrogen (secondary N) is 1. The molecular formula is C91H116Br2ClN7O14S10. The van der Waals surface area contributed by atoms with E-state index < -0.39 is 15.6 Å². The highest BCUT2D eigenvalue weighted by Crippen LogP contribution is 2.31. The van der Waals surface area contributed by atoms with Crippen LogP contribution < -0.4 is 9.47 Å². The monoisotopic (exact) mass is 2040 g/mol. The molecule has 1 N–H and O–H groups in total. The van der Waals surface area contributed by atoms with Crippen molar-refractivity contribution >= 4 is 229 Å². The fourth-order valence-electron chi connectivity index (χ4n) is 11.4. The van der Waals surface area contributed by atoms with E-state index in [1.165, 1.54) is 22.1 Å². The van der Waals surface area contributed by atoms with Crippen LogP contribution in [-0.2, 0) is 121 Å². The van der Waals surface area contributed by atoms with Crippen LogP contribution in [0.3, 0.4) is 0 Å². The highest BCUT2D eigenvalue weighted by atomic mass is 79.9. The van der Waals surface area contributed by atoms with Gasteiger partial charge in [-0.25, -0.2) is 18.4 Å². The minimum absolute atomic E-state index is 0.0138. The van der Waals surface area contributed by atoms with Crippen molar-refractivity contribution in [2.24, 2.45) is 0 Å². The molecule has 1 fully saturated rings. The highest BCUT2D eigenvalue weighted by molar-refractivity contribution is 9.10. The first-order valence-electron chi connectivity index (χ1n) is 40.2. The molecule has 9 aromatic rings. The number of aromatic amines is 1. The molecule has 0 aliphatic heterocycles. The Morgan fingerprint density at radius 1 is 0.552 bits per heavy atom. The first-order valence-corrected chi connectivity index (χ1v) is 49.4. The minimum Gasteiger partial charge on any atom is -0.494 e. The zero-order valence-corrected chi connectivity index (χ0v) is 85.2. The van der Waals surface area contributed by atoms with Crippen molar-refractivity contribution in [2.75, 3.05) is 66.3 Å². The lowest BCUT2D eigenvalue weighted by Crippen LogP contribution is -2.38. The van der Waals surface area contributed by atoms with Crippen LogP contribution in [0.1, 0.15) is 160 Å². The van der Waals surface area contributed by atoms with Crippen molar-refractivity contribution in [3.8, 4) is 11.5 Å². The second-order valence-electron chi connectivity index (χ2n) is 30.4. The normalized spacial score (nSPS) is 11.7. The van der Waals surface area contributed by atoms with Gasteiger partial charge in [0.1, 0.15) is 83.1 Å². The summed E-state index contributed by atoms with van der Waals surface area (Å²) in [5, 5.41) is 11.4. The van der Waals surface area contributed by atoms with E-state index >= 15 is 0 Å². The molecule has 1 aliphatic rings. The summed E-state index contributed by atoms with van der Waals surface area (Å²) in [6.07, 6.45) is 12.3. The van der Waals surface area contributed by atoms with Crippen molar-refractivity contribution < 1.29 is 65.8 Å².